The maximum atomic E-state index is 12.7. The van der Waals surface area contributed by atoms with Gasteiger partial charge in [-0.05, 0) is 36.7 Å². The van der Waals surface area contributed by atoms with Gasteiger partial charge in [0.1, 0.15) is 0 Å². The van der Waals surface area contributed by atoms with Crippen LogP contribution in [0, 0.1) is 23.7 Å². The number of piperidine rings is 1. The Morgan fingerprint density at radius 3 is 2.36 bits per heavy atom. The van der Waals surface area contributed by atoms with Crippen molar-refractivity contribution in [3.8, 4) is 0 Å². The van der Waals surface area contributed by atoms with Gasteiger partial charge in [-0.25, -0.2) is 0 Å². The maximum absolute atomic E-state index is 12.7. The average Bonchev–Trinajstić information content (AvgIpc) is 3.17. The van der Waals surface area contributed by atoms with E-state index in [0.29, 0.717) is 24.8 Å². The number of amides is 2. The molecule has 0 unspecified atom stereocenters. The lowest BCUT2D eigenvalue weighted by atomic mass is 9.78. The van der Waals surface area contributed by atoms with Crippen molar-refractivity contribution in [3.05, 3.63) is 35.9 Å². The van der Waals surface area contributed by atoms with E-state index in [0.717, 1.165) is 38.9 Å². The zero-order chi connectivity index (χ0) is 20.1. The number of aryl methyl sites for hydroxylation is 1. The Morgan fingerprint density at radius 2 is 1.75 bits per heavy atom. The predicted molar refractivity (Wildman–Crippen MR) is 110 cm³/mol. The Labute approximate surface area is 168 Å². The molecule has 5 nitrogen and oxygen atoms in total. The van der Waals surface area contributed by atoms with Crippen LogP contribution in [0.5, 0.6) is 0 Å². The highest BCUT2D eigenvalue weighted by Gasteiger charge is 2.40. The topological polar surface area (TPSA) is 60.9 Å². The van der Waals surface area contributed by atoms with Crippen molar-refractivity contribution in [2.24, 2.45) is 23.7 Å². The molecule has 0 bridgehead atoms. The highest BCUT2D eigenvalue weighted by molar-refractivity contribution is 5.78. The first kappa shape index (κ1) is 20.8. The lowest BCUT2D eigenvalue weighted by Crippen LogP contribution is -2.43. The number of hydrogen-bond acceptors (Lipinski definition) is 3. The summed E-state index contributed by atoms with van der Waals surface area (Å²) in [6, 6.07) is 10.1. The van der Waals surface area contributed by atoms with Crippen LogP contribution >= 0.6 is 0 Å². The fourth-order valence-electron chi connectivity index (χ4n) is 4.79. The lowest BCUT2D eigenvalue weighted by molar-refractivity contribution is -0.136. The molecule has 0 aliphatic carbocycles. The number of carbonyl (C=O) groups excluding carboxylic acids is 2. The molecule has 28 heavy (non-hydrogen) atoms. The molecule has 2 saturated heterocycles. The predicted octanol–water partition coefficient (Wildman–Crippen LogP) is 2.58. The third-order valence-corrected chi connectivity index (χ3v) is 6.50. The number of rotatable bonds is 6. The van der Waals surface area contributed by atoms with E-state index >= 15 is 0 Å². The van der Waals surface area contributed by atoms with Crippen molar-refractivity contribution in [2.45, 2.75) is 39.5 Å². The number of aliphatic hydroxyl groups excluding tert-OH is 1. The molecule has 1 N–H and O–H groups in total. The van der Waals surface area contributed by atoms with Gasteiger partial charge >= 0.3 is 0 Å². The molecular weight excluding hydrogens is 352 g/mol. The van der Waals surface area contributed by atoms with Crippen LogP contribution in [0.3, 0.4) is 0 Å². The molecule has 5 heteroatoms. The number of nitrogens with zero attached hydrogens (tertiary/aromatic N) is 2. The molecule has 154 valence electrons. The molecule has 0 saturated carbocycles. The van der Waals surface area contributed by atoms with Crippen molar-refractivity contribution in [1.29, 1.82) is 0 Å². The number of likely N-dealkylation sites (tertiary alicyclic amines) is 2. The van der Waals surface area contributed by atoms with E-state index in [-0.39, 0.29) is 30.3 Å². The van der Waals surface area contributed by atoms with E-state index in [4.69, 9.17) is 0 Å². The van der Waals surface area contributed by atoms with Crippen LogP contribution < -0.4 is 0 Å². The highest BCUT2D eigenvalue weighted by Crippen LogP contribution is 2.36. The molecule has 0 radical (unpaired) electrons. The quantitative estimate of drug-likeness (QED) is 0.817. The van der Waals surface area contributed by atoms with Gasteiger partial charge in [0, 0.05) is 51.0 Å². The van der Waals surface area contributed by atoms with Gasteiger partial charge in [0.15, 0.2) is 0 Å². The summed E-state index contributed by atoms with van der Waals surface area (Å²) in [5.74, 6) is 1.48. The van der Waals surface area contributed by atoms with Crippen molar-refractivity contribution < 1.29 is 14.7 Å². The Morgan fingerprint density at radius 1 is 1.07 bits per heavy atom. The van der Waals surface area contributed by atoms with Gasteiger partial charge in [0.2, 0.25) is 11.8 Å². The first-order valence-corrected chi connectivity index (χ1v) is 10.7. The molecule has 1 aromatic rings. The van der Waals surface area contributed by atoms with Gasteiger partial charge in [-0.2, -0.15) is 0 Å². The Kier molecular flexibility index (Phi) is 7.11. The second-order valence-corrected chi connectivity index (χ2v) is 8.71. The SMILES string of the molecule is CC(C)C(=O)N1CCC([C@@H]2CN(C(=O)CCc3ccccc3)C[C@H]2CO)CC1. The van der Waals surface area contributed by atoms with Gasteiger partial charge < -0.3 is 14.9 Å². The molecule has 0 spiro atoms. The van der Waals surface area contributed by atoms with E-state index in [2.05, 4.69) is 12.1 Å². The fourth-order valence-corrected chi connectivity index (χ4v) is 4.79. The normalized spacial score (nSPS) is 23.4. The Bertz CT molecular complexity index is 653. The summed E-state index contributed by atoms with van der Waals surface area (Å²) in [6.07, 6.45) is 3.24. The minimum absolute atomic E-state index is 0.0472. The monoisotopic (exact) mass is 386 g/mol. The zero-order valence-electron chi connectivity index (χ0n) is 17.2. The largest absolute Gasteiger partial charge is 0.396 e. The molecule has 2 atom stereocenters. The molecule has 2 aliphatic rings. The first-order chi connectivity index (χ1) is 13.5. The van der Waals surface area contributed by atoms with E-state index < -0.39 is 0 Å². The summed E-state index contributed by atoms with van der Waals surface area (Å²) in [5.41, 5.74) is 1.19. The molecule has 2 fully saturated rings. The highest BCUT2D eigenvalue weighted by atomic mass is 16.3. The van der Waals surface area contributed by atoms with Crippen molar-refractivity contribution in [3.63, 3.8) is 0 Å². The Hall–Kier alpha value is -1.88. The molecule has 2 amide bonds. The van der Waals surface area contributed by atoms with E-state index in [9.17, 15) is 14.7 Å². The molecule has 0 aromatic heterocycles. The van der Waals surface area contributed by atoms with Crippen LogP contribution in [0.1, 0.15) is 38.7 Å². The lowest BCUT2D eigenvalue weighted by Gasteiger charge is -2.37. The number of carbonyl (C=O) groups is 2. The number of benzene rings is 1. The summed E-state index contributed by atoms with van der Waals surface area (Å²) in [6.45, 7) is 7.06. The first-order valence-electron chi connectivity index (χ1n) is 10.7. The molecule has 2 heterocycles. The van der Waals surface area contributed by atoms with Gasteiger partial charge in [-0.3, -0.25) is 9.59 Å². The van der Waals surface area contributed by atoms with Crippen molar-refractivity contribution in [1.82, 2.24) is 9.80 Å². The summed E-state index contributed by atoms with van der Waals surface area (Å²) >= 11 is 0. The second kappa shape index (κ2) is 9.55. The van der Waals surface area contributed by atoms with Gasteiger partial charge in [0.05, 0.1) is 0 Å². The third-order valence-electron chi connectivity index (χ3n) is 6.50. The van der Waals surface area contributed by atoms with E-state index in [1.165, 1.54) is 5.56 Å². The summed E-state index contributed by atoms with van der Waals surface area (Å²) in [5, 5.41) is 9.89. The van der Waals surface area contributed by atoms with Crippen LogP contribution in [-0.4, -0.2) is 59.5 Å². The van der Waals surface area contributed by atoms with E-state index in [1.54, 1.807) is 0 Å². The third kappa shape index (κ3) is 4.93. The standard InChI is InChI=1S/C23H34N2O3/c1-17(2)23(28)24-12-10-19(11-13-24)21-15-25(14-20(21)16-26)22(27)9-8-18-6-4-3-5-7-18/h3-7,17,19-21,26H,8-16H2,1-2H3/t20-,21-/m0/s1. The van der Waals surface area contributed by atoms with Crippen LogP contribution in [0.4, 0.5) is 0 Å². The maximum Gasteiger partial charge on any atom is 0.225 e. The number of hydrogen-bond donors (Lipinski definition) is 1. The number of aliphatic hydroxyl groups is 1. The van der Waals surface area contributed by atoms with Crippen LogP contribution in [0.2, 0.25) is 0 Å². The van der Waals surface area contributed by atoms with Crippen LogP contribution in [-0.2, 0) is 16.0 Å². The van der Waals surface area contributed by atoms with Gasteiger partial charge in [0.25, 0.3) is 0 Å². The summed E-state index contributed by atoms with van der Waals surface area (Å²) in [7, 11) is 0. The average molecular weight is 387 g/mol. The summed E-state index contributed by atoms with van der Waals surface area (Å²) < 4.78 is 0. The summed E-state index contributed by atoms with van der Waals surface area (Å²) in [4.78, 5) is 28.9. The smallest absolute Gasteiger partial charge is 0.225 e. The second-order valence-electron chi connectivity index (χ2n) is 8.71. The Balaban J connectivity index is 1.52. The molecular formula is C23H34N2O3. The molecule has 3 rings (SSSR count). The van der Waals surface area contributed by atoms with Crippen LogP contribution in [0.25, 0.3) is 0 Å². The van der Waals surface area contributed by atoms with Crippen molar-refractivity contribution >= 4 is 11.8 Å². The minimum Gasteiger partial charge on any atom is -0.396 e. The molecule has 1 aromatic carbocycles. The van der Waals surface area contributed by atoms with Gasteiger partial charge in [-0.15, -0.1) is 0 Å². The van der Waals surface area contributed by atoms with Crippen LogP contribution in [0.15, 0.2) is 30.3 Å². The van der Waals surface area contributed by atoms with E-state index in [1.807, 2.05) is 41.8 Å². The zero-order valence-corrected chi connectivity index (χ0v) is 17.2. The molecule has 2 aliphatic heterocycles. The minimum atomic E-state index is 0.0472. The fraction of sp³-hybridized carbons (Fsp3) is 0.652. The van der Waals surface area contributed by atoms with Gasteiger partial charge in [-0.1, -0.05) is 44.2 Å². The van der Waals surface area contributed by atoms with Crippen molar-refractivity contribution in [2.75, 3.05) is 32.8 Å².